The molecule has 3 aromatic rings. The van der Waals surface area contributed by atoms with Crippen LogP contribution >= 0.6 is 11.6 Å². The van der Waals surface area contributed by atoms with E-state index >= 15 is 0 Å². The molecule has 0 aliphatic rings. The molecule has 1 unspecified atom stereocenters. The molecule has 1 aromatic heterocycles. The van der Waals surface area contributed by atoms with Crippen molar-refractivity contribution in [2.24, 2.45) is 0 Å². The predicted octanol–water partition coefficient (Wildman–Crippen LogP) is 4.28. The molecule has 1 heterocycles. The molecule has 0 aliphatic carbocycles. The zero-order valence-corrected chi connectivity index (χ0v) is 18.3. The van der Waals surface area contributed by atoms with Crippen molar-refractivity contribution < 1.29 is 19.7 Å². The molecular formula is C22H26ClN3O4. The number of ether oxygens (including phenoxy) is 1. The number of aryl methyl sites for hydroxylation is 1. The summed E-state index contributed by atoms with van der Waals surface area (Å²) in [6.45, 7) is 7.71. The van der Waals surface area contributed by atoms with E-state index in [9.17, 15) is 15.0 Å². The number of aromatic nitrogens is 3. The van der Waals surface area contributed by atoms with Crippen molar-refractivity contribution in [2.75, 3.05) is 0 Å². The Kier molecular flexibility index (Phi) is 6.33. The molecule has 160 valence electrons. The summed E-state index contributed by atoms with van der Waals surface area (Å²) in [5, 5.41) is 29.9. The molecule has 2 N–H and O–H groups in total. The van der Waals surface area contributed by atoms with Crippen LogP contribution in [0.4, 0.5) is 0 Å². The van der Waals surface area contributed by atoms with Gasteiger partial charge < -0.3 is 14.9 Å². The van der Waals surface area contributed by atoms with Crippen molar-refractivity contribution in [3.05, 3.63) is 46.5 Å². The molecule has 2 aromatic carbocycles. The van der Waals surface area contributed by atoms with Gasteiger partial charge in [0.15, 0.2) is 6.29 Å². The lowest BCUT2D eigenvalue weighted by molar-refractivity contribution is -0.167. The van der Waals surface area contributed by atoms with E-state index in [0.29, 0.717) is 34.6 Å². The lowest BCUT2D eigenvalue weighted by Crippen LogP contribution is -2.17. The van der Waals surface area contributed by atoms with Crippen LogP contribution in [0.1, 0.15) is 51.7 Å². The molecule has 1 atom stereocenters. The van der Waals surface area contributed by atoms with Gasteiger partial charge in [-0.3, -0.25) is 4.79 Å². The van der Waals surface area contributed by atoms with Gasteiger partial charge in [0, 0.05) is 23.4 Å². The molecule has 0 bridgehead atoms. The smallest absolute Gasteiger partial charge is 0.308 e. The number of phenols is 1. The van der Waals surface area contributed by atoms with Gasteiger partial charge in [0.25, 0.3) is 0 Å². The van der Waals surface area contributed by atoms with Crippen molar-refractivity contribution in [2.45, 2.75) is 58.7 Å². The van der Waals surface area contributed by atoms with Crippen LogP contribution in [0.5, 0.6) is 5.75 Å². The first-order valence-corrected chi connectivity index (χ1v) is 10.2. The van der Waals surface area contributed by atoms with Crippen LogP contribution in [-0.2, 0) is 21.4 Å². The number of aliphatic hydroxyl groups excluding tert-OH is 1. The third kappa shape index (κ3) is 4.91. The molecule has 0 saturated heterocycles. The largest absolute Gasteiger partial charge is 0.505 e. The van der Waals surface area contributed by atoms with E-state index in [1.54, 1.807) is 31.2 Å². The van der Waals surface area contributed by atoms with E-state index in [1.165, 1.54) is 4.80 Å². The highest BCUT2D eigenvalue weighted by molar-refractivity contribution is 6.31. The van der Waals surface area contributed by atoms with Crippen molar-refractivity contribution >= 4 is 28.6 Å². The summed E-state index contributed by atoms with van der Waals surface area (Å²) < 4.78 is 4.93. The van der Waals surface area contributed by atoms with E-state index < -0.39 is 12.3 Å². The molecule has 0 radical (unpaired) electrons. The maximum atomic E-state index is 12.0. The Morgan fingerprint density at radius 1 is 1.20 bits per heavy atom. The fourth-order valence-corrected chi connectivity index (χ4v) is 3.25. The average Bonchev–Trinajstić information content (AvgIpc) is 3.08. The van der Waals surface area contributed by atoms with Gasteiger partial charge in [0.05, 0.1) is 0 Å². The number of fused-ring (bicyclic) bond motifs is 1. The zero-order chi connectivity index (χ0) is 22.1. The summed E-state index contributed by atoms with van der Waals surface area (Å²) in [4.78, 5) is 13.3. The van der Waals surface area contributed by atoms with Gasteiger partial charge in [-0.2, -0.15) is 0 Å². The third-order valence-corrected chi connectivity index (χ3v) is 4.99. The van der Waals surface area contributed by atoms with Crippen molar-refractivity contribution in [1.82, 2.24) is 15.0 Å². The Morgan fingerprint density at radius 2 is 1.90 bits per heavy atom. The van der Waals surface area contributed by atoms with Crippen molar-refractivity contribution in [1.29, 1.82) is 0 Å². The molecule has 8 heteroatoms. The number of halogens is 1. The van der Waals surface area contributed by atoms with Crippen LogP contribution in [0, 0.1) is 0 Å². The van der Waals surface area contributed by atoms with Crippen molar-refractivity contribution in [3.8, 4) is 11.4 Å². The maximum Gasteiger partial charge on any atom is 0.308 e. The number of carbonyl (C=O) groups excluding carboxylic acids is 1. The minimum Gasteiger partial charge on any atom is -0.505 e. The van der Waals surface area contributed by atoms with Gasteiger partial charge in [-0.25, -0.2) is 0 Å². The van der Waals surface area contributed by atoms with E-state index in [1.807, 2.05) is 26.8 Å². The van der Waals surface area contributed by atoms with Crippen LogP contribution < -0.4 is 0 Å². The second-order valence-electron chi connectivity index (χ2n) is 8.24. The van der Waals surface area contributed by atoms with Gasteiger partial charge in [-0.05, 0) is 41.7 Å². The Morgan fingerprint density at radius 3 is 2.57 bits per heavy atom. The Labute approximate surface area is 180 Å². The molecule has 0 fully saturated rings. The Balaban J connectivity index is 1.99. The zero-order valence-electron chi connectivity index (χ0n) is 17.5. The number of rotatable bonds is 6. The Bertz CT molecular complexity index is 1070. The molecule has 0 amide bonds. The second kappa shape index (κ2) is 8.62. The van der Waals surface area contributed by atoms with Crippen LogP contribution in [0.25, 0.3) is 16.7 Å². The quantitative estimate of drug-likeness (QED) is 0.446. The molecule has 30 heavy (non-hydrogen) atoms. The van der Waals surface area contributed by atoms with E-state index in [2.05, 4.69) is 10.2 Å². The Hall–Kier alpha value is -2.64. The van der Waals surface area contributed by atoms with Gasteiger partial charge >= 0.3 is 5.97 Å². The molecular weight excluding hydrogens is 406 g/mol. The minimum absolute atomic E-state index is 0.0848. The van der Waals surface area contributed by atoms with Crippen LogP contribution in [0.3, 0.4) is 0 Å². The fourth-order valence-electron chi connectivity index (χ4n) is 3.08. The average molecular weight is 432 g/mol. The van der Waals surface area contributed by atoms with Gasteiger partial charge in [-0.15, -0.1) is 15.0 Å². The van der Waals surface area contributed by atoms with E-state index in [-0.39, 0.29) is 17.6 Å². The highest BCUT2D eigenvalue weighted by Crippen LogP contribution is 2.36. The molecule has 3 rings (SSSR count). The van der Waals surface area contributed by atoms with Gasteiger partial charge in [0.1, 0.15) is 22.5 Å². The van der Waals surface area contributed by atoms with Crippen molar-refractivity contribution in [3.63, 3.8) is 0 Å². The fraction of sp³-hybridized carbons (Fsp3) is 0.409. The summed E-state index contributed by atoms with van der Waals surface area (Å²) in [6, 6.07) is 8.84. The number of aliphatic hydroxyl groups is 1. The van der Waals surface area contributed by atoms with E-state index in [0.717, 1.165) is 11.1 Å². The maximum absolute atomic E-state index is 12.0. The summed E-state index contributed by atoms with van der Waals surface area (Å²) in [5.41, 5.74) is 2.89. The van der Waals surface area contributed by atoms with Crippen LogP contribution in [0.2, 0.25) is 5.02 Å². The molecule has 0 saturated carbocycles. The van der Waals surface area contributed by atoms with Gasteiger partial charge in [-0.1, -0.05) is 45.4 Å². The second-order valence-corrected chi connectivity index (χ2v) is 8.67. The first-order chi connectivity index (χ1) is 14.1. The summed E-state index contributed by atoms with van der Waals surface area (Å²) in [5.74, 6) is -0.393. The summed E-state index contributed by atoms with van der Waals surface area (Å²) in [6.07, 6.45) is -0.260. The summed E-state index contributed by atoms with van der Waals surface area (Å²) in [7, 11) is 0. The number of esters is 1. The number of nitrogens with zero attached hydrogens (tertiary/aromatic N) is 3. The number of hydrogen-bond donors (Lipinski definition) is 2. The first-order valence-electron chi connectivity index (χ1n) is 9.85. The topological polar surface area (TPSA) is 97.5 Å². The third-order valence-electron chi connectivity index (χ3n) is 4.75. The lowest BCUT2D eigenvalue weighted by Gasteiger charge is -2.23. The highest BCUT2D eigenvalue weighted by Gasteiger charge is 2.23. The van der Waals surface area contributed by atoms with E-state index in [4.69, 9.17) is 16.3 Å². The first kappa shape index (κ1) is 22.1. The number of hydrogen-bond acceptors (Lipinski definition) is 6. The summed E-state index contributed by atoms with van der Waals surface area (Å²) >= 11 is 6.04. The lowest BCUT2D eigenvalue weighted by atomic mass is 9.84. The number of phenolic OH excluding ortho intramolecular Hbond substituents is 1. The molecule has 7 nitrogen and oxygen atoms in total. The monoisotopic (exact) mass is 431 g/mol. The van der Waals surface area contributed by atoms with Crippen LogP contribution in [-0.4, -0.2) is 37.5 Å². The number of benzene rings is 2. The SMILES string of the molecule is CCC(O)OC(=O)CCc1cc(-n2nc3ccc(Cl)cc3n2)c(O)c(C(C)(C)C)c1. The van der Waals surface area contributed by atoms with Gasteiger partial charge in [0.2, 0.25) is 0 Å². The standard InChI is InChI=1S/C22H26ClN3O4/c1-5-19(27)30-20(28)9-6-13-10-15(22(2,3)4)21(29)18(11-13)26-24-16-8-7-14(23)12-17(16)25-26/h7-8,10-12,19,27,29H,5-6,9H2,1-4H3. The minimum atomic E-state index is -1.09. The molecule has 0 spiro atoms. The normalized spacial score (nSPS) is 12.9. The molecule has 0 aliphatic heterocycles. The van der Waals surface area contributed by atoms with Crippen LogP contribution in [0.15, 0.2) is 30.3 Å². The predicted molar refractivity (Wildman–Crippen MR) is 115 cm³/mol. The highest BCUT2D eigenvalue weighted by atomic mass is 35.5. The number of carbonyl (C=O) groups is 1. The number of aromatic hydroxyl groups is 1.